The monoisotopic (exact) mass is 1150 g/mol. The molecule has 1 fully saturated rings. The maximum Gasteiger partial charge on any atom is 0.303 e. The molecule has 0 aliphatic carbocycles. The average Bonchev–Trinajstić information content (AvgIpc) is 3.90. The van der Waals surface area contributed by atoms with Crippen LogP contribution in [0.3, 0.4) is 0 Å². The van der Waals surface area contributed by atoms with E-state index >= 15 is 0 Å². The highest BCUT2D eigenvalue weighted by Gasteiger charge is 2.36. The molecule has 2 heterocycles. The second-order valence-corrected chi connectivity index (χ2v) is 21.7. The fourth-order valence-electron chi connectivity index (χ4n) is 8.32. The zero-order valence-electron chi connectivity index (χ0n) is 46.9. The van der Waals surface area contributed by atoms with Gasteiger partial charge in [0, 0.05) is 37.7 Å². The molecule has 1 saturated heterocycles. The molecule has 28 nitrogen and oxygen atoms in total. The number of nitrogens with zero attached hydrogens (tertiary/aromatic N) is 1. The number of hydrogen-bond acceptors (Lipinski definition) is 16. The average molecular weight is 1150 g/mol. The van der Waals surface area contributed by atoms with E-state index < -0.39 is 151 Å². The first-order valence-corrected chi connectivity index (χ1v) is 28.5. The van der Waals surface area contributed by atoms with Gasteiger partial charge in [-0.25, -0.2) is 4.98 Å². The second kappa shape index (κ2) is 36.4. The molecule has 0 radical (unpaired) electrons. The highest BCUT2D eigenvalue weighted by molar-refractivity contribution is 7.98. The predicted molar refractivity (Wildman–Crippen MR) is 294 cm³/mol. The van der Waals surface area contributed by atoms with Crippen molar-refractivity contribution in [3.05, 3.63) is 18.2 Å². The number of carbonyl (C=O) groups is 12. The molecule has 10 atom stereocenters. The minimum Gasteiger partial charge on any atom is -0.481 e. The van der Waals surface area contributed by atoms with Crippen molar-refractivity contribution >= 4 is 82.7 Å². The third kappa shape index (κ3) is 26.4. The quantitative estimate of drug-likeness (QED) is 0.0702. The van der Waals surface area contributed by atoms with Gasteiger partial charge < -0.3 is 79.8 Å². The number of aromatic nitrogens is 2. The largest absolute Gasteiger partial charge is 0.481 e. The zero-order chi connectivity index (χ0) is 60.1. The molecule has 17 N–H and O–H groups in total. The SMILES string of the molecule is CSCC[C@@H]1NC(=O)[C@H](CCCN)NC(=O)[C@H](CCC(=O)O)NC(=O)[C@H]([C@@H](C)O)NC(=O)CCCCCCNC(=O)[C@H](CC(C)C)NC(=O)[C@H](CC(N)=O)NC(=O)[C@H](Cc2cnc[nH]2)NC(=O)[C@H](CC(C)C)NC(=O)[C@H](C)NC1=O. The number of carboxylic acid groups (broad SMARTS) is 1. The standard InChI is InChI=1S/C51H86N14O14S/c1-27(2)21-35-44(72)55-19-11-9-8-10-14-40(68)65-42(30(6)66)51(79)60-33(15-16-41(69)70)47(75)58-32(13-12-18-52)46(74)59-34(17-20-80-7)45(73)57-29(5)43(71)61-36(22-28(3)4)48(76)63-37(23-31-25-54-26-56-31)49(77)64-38(24-39(53)67)50(78)62-35/h25-30,32-38,42,66H,8-24,52H2,1-7H3,(H2,53,67)(H,54,56)(H,55,72)(H,57,73)(H,58,75)(H,59,74)(H,60,79)(H,61,71)(H,62,78)(H,63,76)(H,64,77)(H,65,68)(H,69,70)/t29-,30+,32-,33-,34-,35-,36-,37-,38-,42-/m0/s1. The number of aromatic amines is 1. The third-order valence-electron chi connectivity index (χ3n) is 12.6. The first-order valence-electron chi connectivity index (χ1n) is 27.1. The van der Waals surface area contributed by atoms with Gasteiger partial charge in [0.15, 0.2) is 0 Å². The summed E-state index contributed by atoms with van der Waals surface area (Å²) in [6.07, 6.45) is 3.02. The van der Waals surface area contributed by atoms with Gasteiger partial charge in [-0.3, -0.25) is 57.5 Å². The summed E-state index contributed by atoms with van der Waals surface area (Å²) in [6.45, 7) is 9.97. The van der Waals surface area contributed by atoms with Crippen molar-refractivity contribution in [2.75, 3.05) is 25.1 Å². The Bertz CT molecular complexity index is 2240. The number of aliphatic hydroxyl groups excluding tert-OH is 1. The van der Waals surface area contributed by atoms with E-state index in [1.165, 1.54) is 38.1 Å². The van der Waals surface area contributed by atoms with Crippen LogP contribution in [0.25, 0.3) is 0 Å². The molecule has 1 aromatic rings. The van der Waals surface area contributed by atoms with Gasteiger partial charge in [0.05, 0.1) is 18.9 Å². The summed E-state index contributed by atoms with van der Waals surface area (Å²) in [6, 6.07) is -12.7. The van der Waals surface area contributed by atoms with Crippen molar-refractivity contribution < 1.29 is 67.7 Å². The van der Waals surface area contributed by atoms with E-state index in [-0.39, 0.29) is 69.9 Å². The number of nitrogens with one attached hydrogen (secondary N) is 11. The molecular formula is C51H86N14O14S. The van der Waals surface area contributed by atoms with Gasteiger partial charge in [0.25, 0.3) is 0 Å². The molecule has 80 heavy (non-hydrogen) atoms. The lowest BCUT2D eigenvalue weighted by Crippen LogP contribution is -2.61. The van der Waals surface area contributed by atoms with E-state index in [0.29, 0.717) is 37.1 Å². The molecule has 29 heteroatoms. The zero-order valence-corrected chi connectivity index (χ0v) is 47.7. The van der Waals surface area contributed by atoms with E-state index in [4.69, 9.17) is 11.5 Å². The van der Waals surface area contributed by atoms with E-state index in [1.807, 2.05) is 13.8 Å². The lowest BCUT2D eigenvalue weighted by Gasteiger charge is -2.28. The van der Waals surface area contributed by atoms with Crippen molar-refractivity contribution in [2.45, 2.75) is 192 Å². The number of nitrogens with two attached hydrogens (primary N) is 2. The number of imidazole rings is 1. The van der Waals surface area contributed by atoms with Gasteiger partial charge in [-0.2, -0.15) is 11.8 Å². The molecule has 0 unspecified atom stereocenters. The lowest BCUT2D eigenvalue weighted by atomic mass is 10.0. The molecule has 2 rings (SSSR count). The lowest BCUT2D eigenvalue weighted by molar-refractivity contribution is -0.139. The van der Waals surface area contributed by atoms with Gasteiger partial charge in [0.1, 0.15) is 54.4 Å². The number of thioether (sulfide) groups is 1. The summed E-state index contributed by atoms with van der Waals surface area (Å²) >= 11 is 1.34. The van der Waals surface area contributed by atoms with Crippen LogP contribution >= 0.6 is 11.8 Å². The van der Waals surface area contributed by atoms with Crippen LogP contribution in [-0.2, 0) is 64.0 Å². The van der Waals surface area contributed by atoms with E-state index in [2.05, 4.69) is 63.1 Å². The summed E-state index contributed by atoms with van der Waals surface area (Å²) in [5.41, 5.74) is 11.7. The summed E-state index contributed by atoms with van der Waals surface area (Å²) < 4.78 is 0. The maximum atomic E-state index is 14.2. The van der Waals surface area contributed by atoms with Crippen LogP contribution in [0, 0.1) is 11.8 Å². The van der Waals surface area contributed by atoms with Crippen LogP contribution in [0.15, 0.2) is 12.5 Å². The van der Waals surface area contributed by atoms with Crippen molar-refractivity contribution in [2.24, 2.45) is 23.3 Å². The number of primary amides is 1. The number of H-pyrrole nitrogens is 1. The molecular weight excluding hydrogens is 1060 g/mol. The Balaban J connectivity index is 2.64. The van der Waals surface area contributed by atoms with Gasteiger partial charge in [-0.1, -0.05) is 40.5 Å². The minimum atomic E-state index is -1.62. The Labute approximate surface area is 470 Å². The van der Waals surface area contributed by atoms with Crippen molar-refractivity contribution in [3.63, 3.8) is 0 Å². The fraction of sp³-hybridized carbons (Fsp3) is 0.706. The molecule has 0 saturated carbocycles. The van der Waals surface area contributed by atoms with Crippen molar-refractivity contribution in [1.29, 1.82) is 0 Å². The number of rotatable bonds is 18. The molecule has 1 aromatic heterocycles. The van der Waals surface area contributed by atoms with Gasteiger partial charge in [-0.05, 0) is 95.6 Å². The van der Waals surface area contributed by atoms with Crippen LogP contribution in [0.4, 0.5) is 0 Å². The molecule has 11 amide bonds. The van der Waals surface area contributed by atoms with Crippen LogP contribution < -0.4 is 64.6 Å². The number of amides is 11. The molecule has 450 valence electrons. The molecule has 0 aromatic carbocycles. The van der Waals surface area contributed by atoms with Crippen molar-refractivity contribution in [3.8, 4) is 0 Å². The summed E-state index contributed by atoms with van der Waals surface area (Å²) in [5, 5.41) is 45.8. The predicted octanol–water partition coefficient (Wildman–Crippen LogP) is -2.88. The first-order chi connectivity index (χ1) is 37.8. The van der Waals surface area contributed by atoms with Crippen molar-refractivity contribution in [1.82, 2.24) is 63.1 Å². The van der Waals surface area contributed by atoms with Crippen LogP contribution in [-0.4, -0.2) is 177 Å². The number of aliphatic hydroxyl groups is 1. The second-order valence-electron chi connectivity index (χ2n) is 20.8. The van der Waals surface area contributed by atoms with Gasteiger partial charge in [-0.15, -0.1) is 0 Å². The summed E-state index contributed by atoms with van der Waals surface area (Å²) in [7, 11) is 0. The van der Waals surface area contributed by atoms with Crippen LogP contribution in [0.1, 0.15) is 131 Å². The Morgan fingerprint density at radius 2 is 1.14 bits per heavy atom. The highest BCUT2D eigenvalue weighted by Crippen LogP contribution is 2.12. The molecule has 0 bridgehead atoms. The maximum absolute atomic E-state index is 14.2. The van der Waals surface area contributed by atoms with E-state index in [9.17, 15) is 67.7 Å². The Morgan fingerprint density at radius 3 is 1.70 bits per heavy atom. The number of carboxylic acids is 1. The summed E-state index contributed by atoms with van der Waals surface area (Å²) in [5.74, 6) is -10.7. The van der Waals surface area contributed by atoms with Crippen LogP contribution in [0.5, 0.6) is 0 Å². The van der Waals surface area contributed by atoms with E-state index in [1.54, 1.807) is 20.1 Å². The number of hydrogen-bond donors (Lipinski definition) is 15. The minimum absolute atomic E-state index is 0.0301. The Morgan fingerprint density at radius 1 is 0.637 bits per heavy atom. The highest BCUT2D eigenvalue weighted by atomic mass is 32.2. The Hall–Kier alpha value is -6.88. The summed E-state index contributed by atoms with van der Waals surface area (Å²) in [4.78, 5) is 169. The first kappa shape index (κ1) is 69.2. The van der Waals surface area contributed by atoms with Crippen LogP contribution in [0.2, 0.25) is 0 Å². The van der Waals surface area contributed by atoms with Gasteiger partial charge in [0.2, 0.25) is 65.0 Å². The van der Waals surface area contributed by atoms with Gasteiger partial charge >= 0.3 is 5.97 Å². The molecule has 1 aliphatic heterocycles. The molecule has 1 aliphatic rings. The smallest absolute Gasteiger partial charge is 0.303 e. The number of carbonyl (C=O) groups excluding carboxylic acids is 11. The Kier molecular flexibility index (Phi) is 31.5. The number of aliphatic carboxylic acids is 1. The molecule has 0 spiro atoms. The van der Waals surface area contributed by atoms with E-state index in [0.717, 1.165) is 0 Å². The normalized spacial score (nSPS) is 25.4. The topological polar surface area (TPSA) is 446 Å². The third-order valence-corrected chi connectivity index (χ3v) is 13.3. The fourth-order valence-corrected chi connectivity index (χ4v) is 8.79.